The molecule has 1 aliphatic rings. The average Bonchev–Trinajstić information content (AvgIpc) is 2.07. The Labute approximate surface area is 76.1 Å². The van der Waals surface area contributed by atoms with Crippen LogP contribution in [0.15, 0.2) is 0 Å². The van der Waals surface area contributed by atoms with Crippen LogP contribution < -0.4 is 5.73 Å². The molecule has 68 valence electrons. The maximum Gasteiger partial charge on any atom is 0.192 e. The maximum absolute atomic E-state index is 11.2. The summed E-state index contributed by atoms with van der Waals surface area (Å²) in [5.74, 6) is 0.513. The van der Waals surface area contributed by atoms with E-state index >= 15 is 0 Å². The summed E-state index contributed by atoms with van der Waals surface area (Å²) in [5, 5.41) is 0.169. The van der Waals surface area contributed by atoms with E-state index < -0.39 is 0 Å². The van der Waals surface area contributed by atoms with E-state index in [9.17, 15) is 9.59 Å². The number of carbonyl (C=O) groups excluding carboxylic acids is 2. The van der Waals surface area contributed by atoms with Crippen molar-refractivity contribution in [2.24, 2.45) is 11.7 Å². The van der Waals surface area contributed by atoms with Gasteiger partial charge in [-0.05, 0) is 19.4 Å². The van der Waals surface area contributed by atoms with Crippen molar-refractivity contribution in [2.75, 3.05) is 12.3 Å². The van der Waals surface area contributed by atoms with Crippen LogP contribution in [0.2, 0.25) is 0 Å². The predicted molar refractivity (Wildman–Crippen MR) is 48.9 cm³/mol. The molecule has 1 saturated heterocycles. The van der Waals surface area contributed by atoms with Crippen LogP contribution in [0.5, 0.6) is 0 Å². The van der Waals surface area contributed by atoms with Gasteiger partial charge < -0.3 is 5.73 Å². The molecule has 2 N–H and O–H groups in total. The molecular formula is C8H13NO2S. The zero-order valence-electron chi connectivity index (χ0n) is 6.91. The summed E-state index contributed by atoms with van der Waals surface area (Å²) < 4.78 is 0. The zero-order valence-corrected chi connectivity index (χ0v) is 7.73. The Bertz CT molecular complexity index is 193. The second-order valence-corrected chi connectivity index (χ2v) is 3.96. The lowest BCUT2D eigenvalue weighted by atomic mass is 9.98. The Hall–Kier alpha value is -0.350. The van der Waals surface area contributed by atoms with Crippen molar-refractivity contribution < 1.29 is 9.59 Å². The molecule has 3 nitrogen and oxygen atoms in total. The fraction of sp³-hybridized carbons (Fsp3) is 0.750. The lowest BCUT2D eigenvalue weighted by molar-refractivity contribution is -0.123. The smallest absolute Gasteiger partial charge is 0.192 e. The first-order valence-corrected chi connectivity index (χ1v) is 5.11. The first-order valence-electron chi connectivity index (χ1n) is 4.12. The number of hydrogen-bond acceptors (Lipinski definition) is 4. The minimum absolute atomic E-state index is 0.0557. The molecule has 0 spiro atoms. The standard InChI is InChI=1S/C8H13NO2S/c9-3-1-2-6-4-7(10)5-12-8(6)11/h6H,1-5,9H2. The molecule has 1 aliphatic heterocycles. The molecule has 1 unspecified atom stereocenters. The summed E-state index contributed by atoms with van der Waals surface area (Å²) in [6.07, 6.45) is 2.05. The molecule has 0 radical (unpaired) electrons. The molecule has 0 aromatic carbocycles. The number of carbonyl (C=O) groups is 2. The lowest BCUT2D eigenvalue weighted by Gasteiger charge is -2.18. The third-order valence-corrected chi connectivity index (χ3v) is 3.02. The van der Waals surface area contributed by atoms with Gasteiger partial charge in [0.05, 0.1) is 5.75 Å². The van der Waals surface area contributed by atoms with E-state index in [0.717, 1.165) is 24.6 Å². The van der Waals surface area contributed by atoms with Gasteiger partial charge in [0.1, 0.15) is 5.78 Å². The van der Waals surface area contributed by atoms with Crippen molar-refractivity contribution >= 4 is 22.7 Å². The van der Waals surface area contributed by atoms with Crippen LogP contribution in [-0.2, 0) is 9.59 Å². The van der Waals surface area contributed by atoms with Crippen molar-refractivity contribution in [1.29, 1.82) is 0 Å². The largest absolute Gasteiger partial charge is 0.330 e. The van der Waals surface area contributed by atoms with Gasteiger partial charge in [0.25, 0.3) is 0 Å². The van der Waals surface area contributed by atoms with Crippen LogP contribution in [0.1, 0.15) is 19.3 Å². The highest BCUT2D eigenvalue weighted by molar-refractivity contribution is 8.14. The first-order chi connectivity index (χ1) is 5.74. The highest BCUT2D eigenvalue weighted by atomic mass is 32.2. The van der Waals surface area contributed by atoms with Gasteiger partial charge in [0.15, 0.2) is 5.12 Å². The van der Waals surface area contributed by atoms with Gasteiger partial charge in [0.2, 0.25) is 0 Å². The number of Topliss-reactive ketones (excluding diaryl/α,β-unsaturated/α-hetero) is 1. The van der Waals surface area contributed by atoms with Crippen LogP contribution >= 0.6 is 11.8 Å². The van der Waals surface area contributed by atoms with Gasteiger partial charge in [-0.1, -0.05) is 11.8 Å². The van der Waals surface area contributed by atoms with Gasteiger partial charge in [-0.25, -0.2) is 0 Å². The Morgan fingerprint density at radius 1 is 1.50 bits per heavy atom. The summed E-state index contributed by atoms with van der Waals surface area (Å²) in [6, 6.07) is 0. The molecule has 4 heteroatoms. The molecule has 0 aliphatic carbocycles. The Morgan fingerprint density at radius 3 is 2.92 bits per heavy atom. The third kappa shape index (κ3) is 2.60. The molecule has 0 saturated carbocycles. The molecule has 1 fully saturated rings. The van der Waals surface area contributed by atoms with E-state index in [1.165, 1.54) is 0 Å². The van der Waals surface area contributed by atoms with Crippen molar-refractivity contribution in [3.05, 3.63) is 0 Å². The summed E-state index contributed by atoms with van der Waals surface area (Å²) in [4.78, 5) is 22.2. The Kier molecular flexibility index (Phi) is 3.75. The third-order valence-electron chi connectivity index (χ3n) is 1.94. The Balaban J connectivity index is 2.38. The monoisotopic (exact) mass is 187 g/mol. The van der Waals surface area contributed by atoms with Gasteiger partial charge in [-0.15, -0.1) is 0 Å². The summed E-state index contributed by atoms with van der Waals surface area (Å²) in [7, 11) is 0. The van der Waals surface area contributed by atoms with Crippen molar-refractivity contribution in [3.8, 4) is 0 Å². The number of thioether (sulfide) groups is 1. The van der Waals surface area contributed by atoms with Gasteiger partial charge in [-0.2, -0.15) is 0 Å². The van der Waals surface area contributed by atoms with E-state index in [1.807, 2.05) is 0 Å². The second-order valence-electron chi connectivity index (χ2n) is 2.98. The topological polar surface area (TPSA) is 60.2 Å². The Morgan fingerprint density at radius 2 is 2.25 bits per heavy atom. The van der Waals surface area contributed by atoms with Crippen LogP contribution in [-0.4, -0.2) is 23.2 Å². The van der Waals surface area contributed by atoms with E-state index in [1.54, 1.807) is 0 Å². The quantitative estimate of drug-likeness (QED) is 0.702. The van der Waals surface area contributed by atoms with Crippen molar-refractivity contribution in [3.63, 3.8) is 0 Å². The number of rotatable bonds is 3. The van der Waals surface area contributed by atoms with Crippen molar-refractivity contribution in [1.82, 2.24) is 0 Å². The number of nitrogens with two attached hydrogens (primary N) is 1. The minimum Gasteiger partial charge on any atom is -0.330 e. The molecule has 1 rings (SSSR count). The van der Waals surface area contributed by atoms with Crippen LogP contribution in [0.3, 0.4) is 0 Å². The molecular weight excluding hydrogens is 174 g/mol. The molecule has 0 amide bonds. The van der Waals surface area contributed by atoms with E-state index in [2.05, 4.69) is 0 Å². The minimum atomic E-state index is -0.0557. The summed E-state index contributed by atoms with van der Waals surface area (Å²) in [6.45, 7) is 0.600. The zero-order chi connectivity index (χ0) is 8.97. The van der Waals surface area contributed by atoms with Gasteiger partial charge >= 0.3 is 0 Å². The molecule has 12 heavy (non-hydrogen) atoms. The number of ketones is 1. The molecule has 0 aromatic rings. The molecule has 0 aromatic heterocycles. The average molecular weight is 187 g/mol. The summed E-state index contributed by atoms with van der Waals surface area (Å²) >= 11 is 1.16. The predicted octanol–water partition coefficient (Wildman–Crippen LogP) is 0.574. The molecule has 1 atom stereocenters. The van der Waals surface area contributed by atoms with Crippen LogP contribution in [0.4, 0.5) is 0 Å². The van der Waals surface area contributed by atoms with Crippen LogP contribution in [0.25, 0.3) is 0 Å². The fourth-order valence-corrected chi connectivity index (χ4v) is 2.13. The second kappa shape index (κ2) is 4.62. The first kappa shape index (κ1) is 9.74. The SMILES string of the molecule is NCCCC1CC(=O)CSC1=O. The normalized spacial score (nSPS) is 24.6. The highest BCUT2D eigenvalue weighted by Gasteiger charge is 2.26. The van der Waals surface area contributed by atoms with Gasteiger partial charge in [0, 0.05) is 12.3 Å². The van der Waals surface area contributed by atoms with Crippen molar-refractivity contribution in [2.45, 2.75) is 19.3 Å². The molecule has 0 bridgehead atoms. The summed E-state index contributed by atoms with van der Waals surface area (Å²) in [5.41, 5.74) is 5.32. The maximum atomic E-state index is 11.2. The van der Waals surface area contributed by atoms with E-state index in [0.29, 0.717) is 18.7 Å². The fourth-order valence-electron chi connectivity index (χ4n) is 1.27. The van der Waals surface area contributed by atoms with E-state index in [-0.39, 0.29) is 16.8 Å². The number of hydrogen-bond donors (Lipinski definition) is 1. The van der Waals surface area contributed by atoms with Crippen LogP contribution in [0, 0.1) is 5.92 Å². The highest BCUT2D eigenvalue weighted by Crippen LogP contribution is 2.25. The van der Waals surface area contributed by atoms with Gasteiger partial charge in [-0.3, -0.25) is 9.59 Å². The molecule has 1 heterocycles. The van der Waals surface area contributed by atoms with E-state index in [4.69, 9.17) is 5.73 Å². The lowest BCUT2D eigenvalue weighted by Crippen LogP contribution is -2.24.